The van der Waals surface area contributed by atoms with Crippen molar-refractivity contribution in [3.8, 4) is 0 Å². The third-order valence-corrected chi connectivity index (χ3v) is 2.65. The molecule has 3 heteroatoms. The Hall–Kier alpha value is -1.09. The maximum atomic E-state index is 5.53. The van der Waals surface area contributed by atoms with Crippen LogP contribution in [0.25, 0.3) is 0 Å². The summed E-state index contributed by atoms with van der Waals surface area (Å²) in [4.78, 5) is 0. The minimum Gasteiger partial charge on any atom is -0.376 e. The van der Waals surface area contributed by atoms with Crippen LogP contribution in [0.3, 0.4) is 0 Å². The number of nitrogens with two attached hydrogens (primary N) is 1. The van der Waals surface area contributed by atoms with Crippen molar-refractivity contribution in [2.45, 2.75) is 39.5 Å². The van der Waals surface area contributed by atoms with Gasteiger partial charge in [0.25, 0.3) is 0 Å². The van der Waals surface area contributed by atoms with Crippen LogP contribution in [0.2, 0.25) is 0 Å². The highest BCUT2D eigenvalue weighted by atomic mass is 32.1. The number of aryl methyl sites for hydroxylation is 1. The molecule has 0 aromatic heterocycles. The van der Waals surface area contributed by atoms with Crippen molar-refractivity contribution >= 4 is 23.0 Å². The lowest BCUT2D eigenvalue weighted by Gasteiger charge is -2.14. The van der Waals surface area contributed by atoms with Crippen molar-refractivity contribution in [1.82, 2.24) is 0 Å². The Morgan fingerprint density at radius 1 is 1.25 bits per heavy atom. The Morgan fingerprint density at radius 3 is 2.50 bits per heavy atom. The molecule has 0 aliphatic rings. The molecule has 1 rings (SSSR count). The normalized spacial score (nSPS) is 10.1. The van der Waals surface area contributed by atoms with Gasteiger partial charge in [-0.15, -0.1) is 0 Å². The molecule has 0 fully saturated rings. The van der Waals surface area contributed by atoms with Crippen LogP contribution in [0.4, 0.5) is 5.69 Å². The number of benzene rings is 1. The van der Waals surface area contributed by atoms with E-state index in [2.05, 4.69) is 31.3 Å². The van der Waals surface area contributed by atoms with Crippen molar-refractivity contribution in [1.29, 1.82) is 0 Å². The van der Waals surface area contributed by atoms with Crippen molar-refractivity contribution < 1.29 is 0 Å². The SMILES string of the molecule is CCCc1cccc(NC(N)=S)c1CCC. The number of anilines is 1. The molecule has 3 N–H and O–H groups in total. The van der Waals surface area contributed by atoms with Crippen molar-refractivity contribution in [3.05, 3.63) is 29.3 Å². The van der Waals surface area contributed by atoms with Crippen LogP contribution in [0, 0.1) is 0 Å². The van der Waals surface area contributed by atoms with E-state index in [1.165, 1.54) is 11.1 Å². The highest BCUT2D eigenvalue weighted by Gasteiger charge is 2.07. The fraction of sp³-hybridized carbons (Fsp3) is 0.462. The van der Waals surface area contributed by atoms with E-state index in [0.29, 0.717) is 5.11 Å². The van der Waals surface area contributed by atoms with Gasteiger partial charge in [-0.2, -0.15) is 0 Å². The fourth-order valence-corrected chi connectivity index (χ4v) is 2.04. The summed E-state index contributed by atoms with van der Waals surface area (Å²) < 4.78 is 0. The Balaban J connectivity index is 3.04. The van der Waals surface area contributed by atoms with Crippen molar-refractivity contribution in [2.24, 2.45) is 5.73 Å². The van der Waals surface area contributed by atoms with E-state index in [4.69, 9.17) is 18.0 Å². The largest absolute Gasteiger partial charge is 0.376 e. The van der Waals surface area contributed by atoms with Gasteiger partial charge in [-0.05, 0) is 42.3 Å². The molecule has 1 aromatic carbocycles. The zero-order valence-electron chi connectivity index (χ0n) is 10.0. The van der Waals surface area contributed by atoms with Crippen molar-refractivity contribution in [3.63, 3.8) is 0 Å². The molecule has 0 aliphatic carbocycles. The average Bonchev–Trinajstić information content (AvgIpc) is 2.22. The highest BCUT2D eigenvalue weighted by Crippen LogP contribution is 2.23. The molecule has 0 spiro atoms. The van der Waals surface area contributed by atoms with E-state index in [1.807, 2.05) is 6.07 Å². The second-order valence-corrected chi connectivity index (χ2v) is 4.37. The molecule has 1 aromatic rings. The second kappa shape index (κ2) is 6.48. The molecule has 0 saturated carbocycles. The quantitative estimate of drug-likeness (QED) is 0.771. The molecule has 0 amide bonds. The van der Waals surface area contributed by atoms with Gasteiger partial charge in [0.2, 0.25) is 0 Å². The Labute approximate surface area is 103 Å². The van der Waals surface area contributed by atoms with Crippen LogP contribution in [0.15, 0.2) is 18.2 Å². The van der Waals surface area contributed by atoms with Gasteiger partial charge in [-0.1, -0.05) is 38.8 Å². The van der Waals surface area contributed by atoms with Gasteiger partial charge in [0, 0.05) is 5.69 Å². The molecule has 0 saturated heterocycles. The molecule has 0 aliphatic heterocycles. The summed E-state index contributed by atoms with van der Waals surface area (Å²) in [6.07, 6.45) is 4.48. The molecular weight excluding hydrogens is 216 g/mol. The van der Waals surface area contributed by atoms with Gasteiger partial charge >= 0.3 is 0 Å². The standard InChI is InChI=1S/C13H20N2S/c1-3-6-10-8-5-9-12(15-13(14)16)11(10)7-4-2/h5,8-9H,3-4,6-7H2,1-2H3,(H3,14,15,16). The number of rotatable bonds is 5. The van der Waals surface area contributed by atoms with E-state index in [9.17, 15) is 0 Å². The van der Waals surface area contributed by atoms with E-state index >= 15 is 0 Å². The van der Waals surface area contributed by atoms with Crippen LogP contribution < -0.4 is 11.1 Å². The number of nitrogens with one attached hydrogen (secondary N) is 1. The van der Waals surface area contributed by atoms with Gasteiger partial charge in [-0.25, -0.2) is 0 Å². The lowest BCUT2D eigenvalue weighted by molar-refractivity contribution is 0.863. The monoisotopic (exact) mass is 236 g/mol. The molecule has 0 heterocycles. The molecule has 0 atom stereocenters. The molecule has 2 nitrogen and oxygen atoms in total. The summed E-state index contributed by atoms with van der Waals surface area (Å²) in [5.74, 6) is 0. The lowest BCUT2D eigenvalue weighted by atomic mass is 9.98. The first-order valence-electron chi connectivity index (χ1n) is 5.86. The third-order valence-electron chi connectivity index (χ3n) is 2.55. The van der Waals surface area contributed by atoms with Gasteiger partial charge < -0.3 is 11.1 Å². The predicted octanol–water partition coefficient (Wildman–Crippen LogP) is 3.25. The summed E-state index contributed by atoms with van der Waals surface area (Å²) in [7, 11) is 0. The summed E-state index contributed by atoms with van der Waals surface area (Å²) in [5.41, 5.74) is 9.37. The van der Waals surface area contributed by atoms with E-state index in [-0.39, 0.29) is 0 Å². The molecule has 0 radical (unpaired) electrons. The number of hydrogen-bond donors (Lipinski definition) is 2. The lowest BCUT2D eigenvalue weighted by Crippen LogP contribution is -2.20. The smallest absolute Gasteiger partial charge is 0.168 e. The van der Waals surface area contributed by atoms with Crippen LogP contribution in [-0.2, 0) is 12.8 Å². The molecule has 0 unspecified atom stereocenters. The summed E-state index contributed by atoms with van der Waals surface area (Å²) in [5, 5.41) is 3.41. The Kier molecular flexibility index (Phi) is 5.26. The summed E-state index contributed by atoms with van der Waals surface area (Å²) in [6, 6.07) is 6.30. The minimum absolute atomic E-state index is 0.339. The topological polar surface area (TPSA) is 38.0 Å². The fourth-order valence-electron chi connectivity index (χ4n) is 1.93. The predicted molar refractivity (Wildman–Crippen MR) is 74.8 cm³/mol. The molecule has 0 bridgehead atoms. The molecule has 88 valence electrons. The zero-order valence-corrected chi connectivity index (χ0v) is 10.9. The van der Waals surface area contributed by atoms with E-state index < -0.39 is 0 Å². The van der Waals surface area contributed by atoms with Crippen LogP contribution in [0.5, 0.6) is 0 Å². The maximum Gasteiger partial charge on any atom is 0.168 e. The molecular formula is C13H20N2S. The summed E-state index contributed by atoms with van der Waals surface area (Å²) in [6.45, 7) is 4.39. The van der Waals surface area contributed by atoms with Gasteiger partial charge in [0.05, 0.1) is 0 Å². The first kappa shape index (κ1) is 13.0. The minimum atomic E-state index is 0.339. The highest BCUT2D eigenvalue weighted by molar-refractivity contribution is 7.80. The van der Waals surface area contributed by atoms with Crippen molar-refractivity contribution in [2.75, 3.05) is 5.32 Å². The van der Waals surface area contributed by atoms with E-state index in [1.54, 1.807) is 0 Å². The van der Waals surface area contributed by atoms with Crippen LogP contribution in [0.1, 0.15) is 37.8 Å². The third kappa shape index (κ3) is 3.49. The van der Waals surface area contributed by atoms with Gasteiger partial charge in [-0.3, -0.25) is 0 Å². The van der Waals surface area contributed by atoms with Gasteiger partial charge in [0.15, 0.2) is 5.11 Å². The zero-order chi connectivity index (χ0) is 12.0. The Bertz CT molecular complexity index is 361. The maximum absolute atomic E-state index is 5.53. The first-order chi connectivity index (χ1) is 7.69. The molecule has 16 heavy (non-hydrogen) atoms. The second-order valence-electron chi connectivity index (χ2n) is 3.93. The number of thiocarbonyl (C=S) groups is 1. The Morgan fingerprint density at radius 2 is 1.94 bits per heavy atom. The van der Waals surface area contributed by atoms with Crippen LogP contribution >= 0.6 is 12.2 Å². The van der Waals surface area contributed by atoms with Gasteiger partial charge in [0.1, 0.15) is 0 Å². The average molecular weight is 236 g/mol. The van der Waals surface area contributed by atoms with Crippen LogP contribution in [-0.4, -0.2) is 5.11 Å². The summed E-state index contributed by atoms with van der Waals surface area (Å²) >= 11 is 4.90. The number of hydrogen-bond acceptors (Lipinski definition) is 1. The van der Waals surface area contributed by atoms with E-state index in [0.717, 1.165) is 31.4 Å². The first-order valence-corrected chi connectivity index (χ1v) is 6.27.